The van der Waals surface area contributed by atoms with Gasteiger partial charge in [-0.15, -0.1) is 0 Å². The Bertz CT molecular complexity index is 1420. The number of primary sulfonamides is 1. The average Bonchev–Trinajstić information content (AvgIpc) is 3.14. The van der Waals surface area contributed by atoms with Crippen LogP contribution in [0.2, 0.25) is 0 Å². The van der Waals surface area contributed by atoms with Crippen molar-refractivity contribution in [1.82, 2.24) is 0 Å². The molecule has 8 atom stereocenters. The van der Waals surface area contributed by atoms with Crippen LogP contribution >= 0.6 is 0 Å². The van der Waals surface area contributed by atoms with Crippen LogP contribution in [0.5, 0.6) is 0 Å². The number of fused-ring (bicyclic) bond motifs is 1. The molecule has 9 heteroatoms. The molecule has 0 radical (unpaired) electrons. The molecule has 6 aliphatic rings. The highest BCUT2D eigenvalue weighted by molar-refractivity contribution is 7.89. The van der Waals surface area contributed by atoms with E-state index in [-0.39, 0.29) is 45.8 Å². The second-order valence-corrected chi connectivity index (χ2v) is 15.1. The first kappa shape index (κ1) is 26.7. The van der Waals surface area contributed by atoms with Crippen LogP contribution in [0.3, 0.4) is 0 Å². The number of amides is 2. The number of benzene rings is 1. The number of carbonyl (C=O) groups excluding carboxylic acids is 2. The molecule has 8 nitrogen and oxygen atoms in total. The van der Waals surface area contributed by atoms with Crippen molar-refractivity contribution in [2.45, 2.75) is 71.1 Å². The summed E-state index contributed by atoms with van der Waals surface area (Å²) in [5.41, 5.74) is 0.0882. The van der Waals surface area contributed by atoms with Crippen molar-refractivity contribution in [3.05, 3.63) is 35.9 Å². The summed E-state index contributed by atoms with van der Waals surface area (Å²) in [6.07, 6.45) is 7.01. The number of nitrogens with two attached hydrogens (primary N) is 1. The monoisotopic (exact) mass is 554 g/mol. The van der Waals surface area contributed by atoms with Crippen LogP contribution in [0.25, 0.3) is 0 Å². The molecule has 1 spiro atoms. The second kappa shape index (κ2) is 8.26. The Morgan fingerprint density at radius 3 is 2.31 bits per heavy atom. The van der Waals surface area contributed by atoms with Gasteiger partial charge in [0.25, 0.3) is 0 Å². The minimum absolute atomic E-state index is 0.0228. The first-order chi connectivity index (χ1) is 18.2. The van der Waals surface area contributed by atoms with E-state index in [0.29, 0.717) is 18.5 Å². The van der Waals surface area contributed by atoms with Gasteiger partial charge in [0.2, 0.25) is 21.8 Å². The van der Waals surface area contributed by atoms with Crippen molar-refractivity contribution in [2.75, 3.05) is 4.90 Å². The van der Waals surface area contributed by atoms with E-state index in [1.165, 1.54) is 34.7 Å². The van der Waals surface area contributed by atoms with Crippen molar-refractivity contribution in [3.8, 4) is 0 Å². The lowest BCUT2D eigenvalue weighted by Gasteiger charge is -2.68. The van der Waals surface area contributed by atoms with E-state index in [1.807, 2.05) is 6.92 Å². The number of anilines is 1. The molecule has 2 amide bonds. The van der Waals surface area contributed by atoms with Gasteiger partial charge in [-0.3, -0.25) is 19.3 Å². The minimum atomic E-state index is -3.90. The Kier molecular flexibility index (Phi) is 5.65. The number of nitrogens with zero attached hydrogens (tertiary/aromatic N) is 1. The number of carboxylic acids is 1. The Morgan fingerprint density at radius 2 is 1.72 bits per heavy atom. The van der Waals surface area contributed by atoms with Gasteiger partial charge in [-0.05, 0) is 92.4 Å². The third kappa shape index (κ3) is 3.38. The average molecular weight is 555 g/mol. The van der Waals surface area contributed by atoms with E-state index >= 15 is 0 Å². The summed E-state index contributed by atoms with van der Waals surface area (Å²) in [7, 11) is -3.90. The van der Waals surface area contributed by atoms with Gasteiger partial charge in [-0.25, -0.2) is 13.6 Å². The smallest absolute Gasteiger partial charge is 0.309 e. The van der Waals surface area contributed by atoms with Crippen LogP contribution < -0.4 is 10.0 Å². The summed E-state index contributed by atoms with van der Waals surface area (Å²) in [4.78, 5) is 42.1. The molecule has 3 saturated carbocycles. The molecule has 1 aliphatic heterocycles. The van der Waals surface area contributed by atoms with Gasteiger partial charge >= 0.3 is 5.97 Å². The fourth-order valence-electron chi connectivity index (χ4n) is 10.00. The molecule has 1 aromatic rings. The Balaban J connectivity index is 1.46. The van der Waals surface area contributed by atoms with Gasteiger partial charge in [0, 0.05) is 5.41 Å². The number of hydrogen-bond donors (Lipinski definition) is 2. The fourth-order valence-corrected chi connectivity index (χ4v) is 10.5. The number of aliphatic carboxylic acids is 1. The van der Waals surface area contributed by atoms with Crippen LogP contribution in [-0.4, -0.2) is 31.3 Å². The summed E-state index contributed by atoms with van der Waals surface area (Å²) >= 11 is 0. The Labute approximate surface area is 230 Å². The van der Waals surface area contributed by atoms with Gasteiger partial charge in [0.1, 0.15) is 0 Å². The summed E-state index contributed by atoms with van der Waals surface area (Å²) in [6.45, 7) is 8.46. The molecule has 1 aromatic carbocycles. The van der Waals surface area contributed by atoms with E-state index in [4.69, 9.17) is 5.14 Å². The van der Waals surface area contributed by atoms with Gasteiger partial charge in [-0.1, -0.05) is 38.8 Å². The lowest BCUT2D eigenvalue weighted by Crippen LogP contribution is -2.65. The zero-order valence-corrected chi connectivity index (χ0v) is 23.8. The number of rotatable bonds is 4. The highest BCUT2D eigenvalue weighted by atomic mass is 32.2. The Morgan fingerprint density at radius 1 is 1.05 bits per heavy atom. The molecule has 1 heterocycles. The van der Waals surface area contributed by atoms with Crippen molar-refractivity contribution in [3.63, 3.8) is 0 Å². The van der Waals surface area contributed by atoms with Gasteiger partial charge in [0.15, 0.2) is 0 Å². The molecular weight excluding hydrogens is 516 g/mol. The number of carbonyl (C=O) groups is 3. The molecule has 7 rings (SSSR count). The standard InChI is InChI=1S/C30H38N2O6S/c1-16(2)20-15-30-13-10-21-28(3,11-5-12-29(21,4)27(35)36)22(30)14-19(20)23-24(30)26(34)32(25(23)33)17-6-8-18(9-7-17)39(31,37)38/h6-9,15-16,19,21-24H,5,10-14H2,1-4H3,(H,35,36)(H2,31,37,38)/t19-,21+,22+,23-,24-,28+,29-,30+/m1/s1. The van der Waals surface area contributed by atoms with Crippen molar-refractivity contribution in [1.29, 1.82) is 0 Å². The largest absolute Gasteiger partial charge is 0.481 e. The van der Waals surface area contributed by atoms with Gasteiger partial charge in [0.05, 0.1) is 27.8 Å². The first-order valence-electron chi connectivity index (χ1n) is 14.1. The second-order valence-electron chi connectivity index (χ2n) is 13.5. The highest BCUT2D eigenvalue weighted by Crippen LogP contribution is 2.74. The summed E-state index contributed by atoms with van der Waals surface area (Å²) in [6, 6.07) is 5.64. The van der Waals surface area contributed by atoms with Crippen LogP contribution in [0.15, 0.2) is 40.8 Å². The zero-order chi connectivity index (χ0) is 28.3. The van der Waals surface area contributed by atoms with Gasteiger partial charge < -0.3 is 5.11 Å². The molecule has 0 unspecified atom stereocenters. The van der Waals surface area contributed by atoms with Crippen molar-refractivity contribution >= 4 is 33.5 Å². The number of allylic oxidation sites excluding steroid dienone is 2. The number of sulfonamides is 1. The van der Waals surface area contributed by atoms with Crippen molar-refractivity contribution < 1.29 is 27.9 Å². The van der Waals surface area contributed by atoms with Crippen molar-refractivity contribution in [2.24, 2.45) is 56.9 Å². The van der Waals surface area contributed by atoms with E-state index in [1.54, 1.807) is 0 Å². The number of carboxylic acid groups (broad SMARTS) is 1. The summed E-state index contributed by atoms with van der Waals surface area (Å²) in [5.74, 6) is -1.80. The molecule has 0 aromatic heterocycles. The van der Waals surface area contributed by atoms with Gasteiger partial charge in [-0.2, -0.15) is 0 Å². The molecular formula is C30H38N2O6S. The third-order valence-electron chi connectivity index (χ3n) is 11.6. The number of hydrogen-bond acceptors (Lipinski definition) is 5. The quantitative estimate of drug-likeness (QED) is 0.420. The molecule has 210 valence electrons. The first-order valence-corrected chi connectivity index (χ1v) is 15.7. The molecule has 1 saturated heterocycles. The van der Waals surface area contributed by atoms with Crippen LogP contribution in [0.1, 0.15) is 66.2 Å². The number of imide groups is 1. The molecule has 4 fully saturated rings. The van der Waals surface area contributed by atoms with Crippen LogP contribution in [-0.2, 0) is 24.4 Å². The topological polar surface area (TPSA) is 135 Å². The summed E-state index contributed by atoms with van der Waals surface area (Å²) < 4.78 is 23.5. The maximum atomic E-state index is 14.3. The van der Waals surface area contributed by atoms with Crippen LogP contribution in [0, 0.1) is 51.8 Å². The molecule has 2 bridgehead atoms. The third-order valence-corrected chi connectivity index (χ3v) is 12.5. The molecule has 5 aliphatic carbocycles. The highest BCUT2D eigenvalue weighted by Gasteiger charge is 2.73. The van der Waals surface area contributed by atoms with E-state index in [2.05, 4.69) is 26.8 Å². The minimum Gasteiger partial charge on any atom is -0.481 e. The maximum absolute atomic E-state index is 14.3. The van der Waals surface area contributed by atoms with Crippen LogP contribution in [0.4, 0.5) is 5.69 Å². The van der Waals surface area contributed by atoms with E-state index in [0.717, 1.165) is 25.7 Å². The molecule has 39 heavy (non-hydrogen) atoms. The van der Waals surface area contributed by atoms with E-state index in [9.17, 15) is 27.9 Å². The lowest BCUT2D eigenvalue weighted by atomic mass is 9.34. The predicted molar refractivity (Wildman–Crippen MR) is 145 cm³/mol. The SMILES string of the molecule is CC(C)C1=C[C@@]23CC[C@H]4[C@](C)(CCC[C@@]4(C)C(=O)O)[C@@H]2C[C@H]1[C@H]1C(=O)N(c2ccc(S(N)(=O)=O)cc2)C(=O)[C@@H]13. The molecule has 3 N–H and O–H groups in total. The normalized spacial score (nSPS) is 41.2. The lowest BCUT2D eigenvalue weighted by molar-refractivity contribution is -0.194. The zero-order valence-electron chi connectivity index (χ0n) is 23.0. The van der Waals surface area contributed by atoms with E-state index < -0.39 is 38.7 Å². The maximum Gasteiger partial charge on any atom is 0.309 e. The Hall–Kier alpha value is -2.52. The summed E-state index contributed by atoms with van der Waals surface area (Å²) in [5, 5.41) is 15.5. The predicted octanol–water partition coefficient (Wildman–Crippen LogP) is 4.35. The fraction of sp³-hybridized carbons (Fsp3) is 0.633.